The van der Waals surface area contributed by atoms with Crippen LogP contribution in [-0.4, -0.2) is 72.3 Å². The molecule has 1 saturated heterocycles. The molecular weight excluding hydrogens is 318 g/mol. The number of amides is 1. The summed E-state index contributed by atoms with van der Waals surface area (Å²) in [6.07, 6.45) is 0.701. The quantitative estimate of drug-likeness (QED) is 0.749. The van der Waals surface area contributed by atoms with Crippen LogP contribution >= 0.6 is 0 Å². The fraction of sp³-hybridized carbons (Fsp3) is 0.632. The number of piperazine rings is 1. The monoisotopic (exact) mass is 349 g/mol. The van der Waals surface area contributed by atoms with Gasteiger partial charge in [-0.3, -0.25) is 14.6 Å². The van der Waals surface area contributed by atoms with E-state index in [0.717, 1.165) is 37.5 Å². The Morgan fingerprint density at radius 3 is 2.64 bits per heavy atom. The molecule has 1 aromatic carbocycles. The van der Waals surface area contributed by atoms with Gasteiger partial charge in [-0.2, -0.15) is 0 Å². The number of aliphatic hydroxyl groups excluding tert-OH is 1. The number of nitrogens with zero attached hydrogens (tertiary/aromatic N) is 2. The molecule has 140 valence electrons. The first kappa shape index (κ1) is 19.7. The van der Waals surface area contributed by atoms with E-state index in [1.165, 1.54) is 0 Å². The Hall–Kier alpha value is -1.63. The zero-order valence-electron chi connectivity index (χ0n) is 15.6. The largest absolute Gasteiger partial charge is 0.494 e. The number of anilines is 1. The van der Waals surface area contributed by atoms with Crippen molar-refractivity contribution in [2.24, 2.45) is 0 Å². The molecule has 6 heteroatoms. The van der Waals surface area contributed by atoms with Gasteiger partial charge < -0.3 is 15.2 Å². The van der Waals surface area contributed by atoms with E-state index in [1.807, 2.05) is 38.1 Å². The highest BCUT2D eigenvalue weighted by atomic mass is 16.5. The predicted octanol–water partition coefficient (Wildman–Crippen LogP) is 1.80. The molecule has 0 bridgehead atoms. The number of nitrogens with one attached hydrogen (secondary N) is 1. The molecule has 1 aliphatic rings. The summed E-state index contributed by atoms with van der Waals surface area (Å²) in [5.74, 6) is 0.809. The molecule has 1 fully saturated rings. The van der Waals surface area contributed by atoms with Gasteiger partial charge >= 0.3 is 0 Å². The van der Waals surface area contributed by atoms with Crippen molar-refractivity contribution >= 4 is 11.6 Å². The number of ether oxygens (including phenoxy) is 1. The van der Waals surface area contributed by atoms with E-state index in [4.69, 9.17) is 4.74 Å². The Bertz CT molecular complexity index is 533. The summed E-state index contributed by atoms with van der Waals surface area (Å²) in [6.45, 7) is 10.2. The van der Waals surface area contributed by atoms with Crippen LogP contribution in [0.3, 0.4) is 0 Å². The standard InChI is InChI=1S/C19H31N3O3/c1-4-17-13-21(10-11-22(17)12-15(3)23)14-19(24)20-16-6-8-18(9-7-16)25-5-2/h6-9,15,17,23H,4-5,10-14H2,1-3H3,(H,20,24). The van der Waals surface area contributed by atoms with Gasteiger partial charge in [0, 0.05) is 37.9 Å². The summed E-state index contributed by atoms with van der Waals surface area (Å²) in [5.41, 5.74) is 0.785. The Morgan fingerprint density at radius 1 is 1.32 bits per heavy atom. The normalized spacial score (nSPS) is 20.2. The van der Waals surface area contributed by atoms with Crippen LogP contribution in [0, 0.1) is 0 Å². The number of carbonyl (C=O) groups excluding carboxylic acids is 1. The Morgan fingerprint density at radius 2 is 2.04 bits per heavy atom. The third-order valence-electron chi connectivity index (χ3n) is 4.48. The molecule has 0 saturated carbocycles. The lowest BCUT2D eigenvalue weighted by molar-refractivity contribution is -0.118. The second kappa shape index (κ2) is 9.75. The summed E-state index contributed by atoms with van der Waals surface area (Å²) >= 11 is 0. The van der Waals surface area contributed by atoms with E-state index in [1.54, 1.807) is 0 Å². The van der Waals surface area contributed by atoms with Crippen molar-refractivity contribution < 1.29 is 14.6 Å². The van der Waals surface area contributed by atoms with Crippen molar-refractivity contribution in [2.75, 3.05) is 44.6 Å². The first-order chi connectivity index (χ1) is 12.0. The molecule has 1 amide bonds. The molecule has 2 unspecified atom stereocenters. The molecule has 0 radical (unpaired) electrons. The number of aliphatic hydroxyl groups is 1. The number of hydrogen-bond donors (Lipinski definition) is 2. The van der Waals surface area contributed by atoms with Crippen molar-refractivity contribution in [3.05, 3.63) is 24.3 Å². The first-order valence-electron chi connectivity index (χ1n) is 9.19. The van der Waals surface area contributed by atoms with Crippen molar-refractivity contribution in [1.82, 2.24) is 9.80 Å². The van der Waals surface area contributed by atoms with Gasteiger partial charge in [-0.25, -0.2) is 0 Å². The third-order valence-corrected chi connectivity index (χ3v) is 4.48. The molecule has 0 aliphatic carbocycles. The molecule has 25 heavy (non-hydrogen) atoms. The van der Waals surface area contributed by atoms with Crippen LogP contribution in [-0.2, 0) is 4.79 Å². The van der Waals surface area contributed by atoms with E-state index >= 15 is 0 Å². The molecule has 2 N–H and O–H groups in total. The van der Waals surface area contributed by atoms with Gasteiger partial charge in [-0.15, -0.1) is 0 Å². The van der Waals surface area contributed by atoms with E-state index < -0.39 is 0 Å². The van der Waals surface area contributed by atoms with E-state index in [2.05, 4.69) is 22.0 Å². The number of rotatable bonds is 8. The van der Waals surface area contributed by atoms with Gasteiger partial charge in [0.25, 0.3) is 0 Å². The minimum Gasteiger partial charge on any atom is -0.494 e. The summed E-state index contributed by atoms with van der Waals surface area (Å²) in [5, 5.41) is 12.6. The molecule has 2 atom stereocenters. The zero-order valence-corrected chi connectivity index (χ0v) is 15.6. The van der Waals surface area contributed by atoms with Crippen molar-refractivity contribution in [3.63, 3.8) is 0 Å². The summed E-state index contributed by atoms with van der Waals surface area (Å²) in [7, 11) is 0. The lowest BCUT2D eigenvalue weighted by Crippen LogP contribution is -2.55. The molecular formula is C19H31N3O3. The van der Waals surface area contributed by atoms with E-state index in [9.17, 15) is 9.90 Å². The molecule has 6 nitrogen and oxygen atoms in total. The average Bonchev–Trinajstić information content (AvgIpc) is 2.57. The van der Waals surface area contributed by atoms with Gasteiger partial charge in [0.1, 0.15) is 5.75 Å². The predicted molar refractivity (Wildman–Crippen MR) is 100 cm³/mol. The van der Waals surface area contributed by atoms with Crippen LogP contribution in [0.1, 0.15) is 27.2 Å². The van der Waals surface area contributed by atoms with Crippen LogP contribution < -0.4 is 10.1 Å². The maximum absolute atomic E-state index is 12.3. The van der Waals surface area contributed by atoms with Crippen LogP contribution in [0.4, 0.5) is 5.69 Å². The Balaban J connectivity index is 1.82. The average molecular weight is 349 g/mol. The second-order valence-corrected chi connectivity index (χ2v) is 6.65. The number of carbonyl (C=O) groups is 1. The van der Waals surface area contributed by atoms with Gasteiger partial charge in [-0.05, 0) is 44.5 Å². The lowest BCUT2D eigenvalue weighted by atomic mass is 10.1. The van der Waals surface area contributed by atoms with Gasteiger partial charge in [0.15, 0.2) is 0 Å². The third kappa shape index (κ3) is 6.30. The second-order valence-electron chi connectivity index (χ2n) is 6.65. The smallest absolute Gasteiger partial charge is 0.238 e. The molecule has 1 aliphatic heterocycles. The molecule has 0 spiro atoms. The van der Waals surface area contributed by atoms with E-state index in [-0.39, 0.29) is 12.0 Å². The molecule has 1 heterocycles. The molecule has 0 aromatic heterocycles. The highest BCUT2D eigenvalue weighted by molar-refractivity contribution is 5.92. The van der Waals surface area contributed by atoms with Crippen molar-refractivity contribution in [3.8, 4) is 5.75 Å². The fourth-order valence-electron chi connectivity index (χ4n) is 3.27. The first-order valence-corrected chi connectivity index (χ1v) is 9.19. The van der Waals surface area contributed by atoms with Gasteiger partial charge in [0.05, 0.1) is 19.3 Å². The topological polar surface area (TPSA) is 65.0 Å². The SMILES string of the molecule is CCOc1ccc(NC(=O)CN2CCN(CC(C)O)C(CC)C2)cc1. The summed E-state index contributed by atoms with van der Waals surface area (Å²) in [6, 6.07) is 7.83. The lowest BCUT2D eigenvalue weighted by Gasteiger charge is -2.41. The maximum Gasteiger partial charge on any atom is 0.238 e. The van der Waals surface area contributed by atoms with Gasteiger partial charge in [-0.1, -0.05) is 6.92 Å². The van der Waals surface area contributed by atoms with Crippen molar-refractivity contribution in [2.45, 2.75) is 39.3 Å². The van der Waals surface area contributed by atoms with Crippen molar-refractivity contribution in [1.29, 1.82) is 0 Å². The highest BCUT2D eigenvalue weighted by Crippen LogP contribution is 2.16. The molecule has 1 aromatic rings. The van der Waals surface area contributed by atoms with Gasteiger partial charge in [0.2, 0.25) is 5.91 Å². The van der Waals surface area contributed by atoms with Crippen LogP contribution in [0.25, 0.3) is 0 Å². The van der Waals surface area contributed by atoms with Crippen LogP contribution in [0.15, 0.2) is 24.3 Å². The maximum atomic E-state index is 12.3. The number of hydrogen-bond acceptors (Lipinski definition) is 5. The minimum absolute atomic E-state index is 0.00277. The Labute approximate surface area is 150 Å². The van der Waals surface area contributed by atoms with Crippen LogP contribution in [0.2, 0.25) is 0 Å². The fourth-order valence-corrected chi connectivity index (χ4v) is 3.27. The summed E-state index contributed by atoms with van der Waals surface area (Å²) in [4.78, 5) is 16.8. The Kier molecular flexibility index (Phi) is 7.68. The number of β-amino-alcohol motifs (C(OH)–C–C–N with tert-alkyl or cyclic N) is 1. The van der Waals surface area contributed by atoms with Crippen LogP contribution in [0.5, 0.6) is 5.75 Å². The number of benzene rings is 1. The minimum atomic E-state index is -0.316. The highest BCUT2D eigenvalue weighted by Gasteiger charge is 2.27. The summed E-state index contributed by atoms with van der Waals surface area (Å²) < 4.78 is 5.41. The zero-order chi connectivity index (χ0) is 18.2. The van der Waals surface area contributed by atoms with E-state index in [0.29, 0.717) is 25.7 Å². The molecule has 2 rings (SSSR count).